The molecule has 29 heavy (non-hydrogen) atoms. The zero-order valence-electron chi connectivity index (χ0n) is 16.2. The monoisotopic (exact) mass is 397 g/mol. The van der Waals surface area contributed by atoms with E-state index in [0.717, 1.165) is 22.9 Å². The molecule has 0 unspecified atom stereocenters. The normalized spacial score (nSPS) is 15.5. The molecule has 0 saturated heterocycles. The molecule has 0 saturated carbocycles. The van der Waals surface area contributed by atoms with Gasteiger partial charge < -0.3 is 10.1 Å². The Morgan fingerprint density at radius 3 is 2.83 bits per heavy atom. The maximum atomic E-state index is 14.2. The molecule has 0 radical (unpaired) electrons. The van der Waals surface area contributed by atoms with E-state index in [0.29, 0.717) is 24.4 Å². The standard InChI is InChI=1S/C22H21F2N3O2/c1-13-17(14(2)27(26-13)20-8-7-15(23)11-18(20)24)12-22(28)25-19-9-10-29-21-6-4-3-5-16(19)21/h3-8,11,19H,9-10,12H2,1-2H3,(H,25,28)/t19-/m0/s1. The van der Waals surface area contributed by atoms with E-state index in [4.69, 9.17) is 4.74 Å². The van der Waals surface area contributed by atoms with Crippen LogP contribution in [0.15, 0.2) is 42.5 Å². The van der Waals surface area contributed by atoms with Gasteiger partial charge in [-0.2, -0.15) is 5.10 Å². The largest absolute Gasteiger partial charge is 0.493 e. The van der Waals surface area contributed by atoms with Crippen molar-refractivity contribution in [2.75, 3.05) is 6.61 Å². The highest BCUT2D eigenvalue weighted by Crippen LogP contribution is 2.31. The lowest BCUT2D eigenvalue weighted by atomic mass is 10.00. The molecule has 0 fully saturated rings. The predicted octanol–water partition coefficient (Wildman–Crippen LogP) is 3.95. The Balaban J connectivity index is 1.55. The SMILES string of the molecule is Cc1nn(-c2ccc(F)cc2F)c(C)c1CC(=O)N[C@H]1CCOc2ccccc21. The van der Waals surface area contributed by atoms with E-state index in [1.54, 1.807) is 13.8 Å². The summed E-state index contributed by atoms with van der Waals surface area (Å²) in [7, 11) is 0. The van der Waals surface area contributed by atoms with Gasteiger partial charge in [0.05, 0.1) is 24.8 Å². The van der Waals surface area contributed by atoms with E-state index >= 15 is 0 Å². The maximum Gasteiger partial charge on any atom is 0.225 e. The highest BCUT2D eigenvalue weighted by molar-refractivity contribution is 5.79. The van der Waals surface area contributed by atoms with E-state index < -0.39 is 11.6 Å². The molecule has 4 rings (SSSR count). The second-order valence-electron chi connectivity index (χ2n) is 7.13. The van der Waals surface area contributed by atoms with Crippen LogP contribution in [0.4, 0.5) is 8.78 Å². The van der Waals surface area contributed by atoms with E-state index in [9.17, 15) is 13.6 Å². The number of carbonyl (C=O) groups is 1. The van der Waals surface area contributed by atoms with Gasteiger partial charge in [0.2, 0.25) is 5.91 Å². The summed E-state index contributed by atoms with van der Waals surface area (Å²) >= 11 is 0. The van der Waals surface area contributed by atoms with E-state index in [2.05, 4.69) is 10.4 Å². The van der Waals surface area contributed by atoms with Gasteiger partial charge in [0.25, 0.3) is 0 Å². The van der Waals surface area contributed by atoms with Crippen LogP contribution in [-0.2, 0) is 11.2 Å². The van der Waals surface area contributed by atoms with Crippen molar-refractivity contribution in [1.29, 1.82) is 0 Å². The first-order valence-electron chi connectivity index (χ1n) is 9.45. The molecule has 1 atom stereocenters. The van der Waals surface area contributed by atoms with Crippen molar-refractivity contribution < 1.29 is 18.3 Å². The van der Waals surface area contributed by atoms with Crippen molar-refractivity contribution in [2.24, 2.45) is 0 Å². The van der Waals surface area contributed by atoms with E-state index in [1.807, 2.05) is 24.3 Å². The van der Waals surface area contributed by atoms with Crippen LogP contribution in [0.3, 0.4) is 0 Å². The van der Waals surface area contributed by atoms with Crippen LogP contribution in [-0.4, -0.2) is 22.3 Å². The number of aryl methyl sites for hydroxylation is 1. The summed E-state index contributed by atoms with van der Waals surface area (Å²) < 4.78 is 34.4. The second kappa shape index (κ2) is 7.66. The molecule has 1 aliphatic rings. The first-order valence-corrected chi connectivity index (χ1v) is 9.45. The number of rotatable bonds is 4. The second-order valence-corrected chi connectivity index (χ2v) is 7.13. The topological polar surface area (TPSA) is 56.2 Å². The van der Waals surface area contributed by atoms with Crippen LogP contribution in [0.1, 0.15) is 35.0 Å². The van der Waals surface area contributed by atoms with Crippen molar-refractivity contribution >= 4 is 5.91 Å². The molecule has 5 nitrogen and oxygen atoms in total. The average Bonchev–Trinajstić information content (AvgIpc) is 2.96. The number of ether oxygens (including phenoxy) is 1. The number of hydrogen-bond donors (Lipinski definition) is 1. The summed E-state index contributed by atoms with van der Waals surface area (Å²) in [5.41, 5.74) is 3.12. The molecule has 2 aromatic carbocycles. The molecule has 1 amide bonds. The molecule has 7 heteroatoms. The Hall–Kier alpha value is -3.22. The molecule has 0 spiro atoms. The van der Waals surface area contributed by atoms with Gasteiger partial charge >= 0.3 is 0 Å². The summed E-state index contributed by atoms with van der Waals surface area (Å²) in [6.07, 6.45) is 0.820. The third-order valence-corrected chi connectivity index (χ3v) is 5.21. The minimum Gasteiger partial charge on any atom is -0.493 e. The molecule has 1 aliphatic heterocycles. The lowest BCUT2D eigenvalue weighted by molar-refractivity contribution is -0.121. The summed E-state index contributed by atoms with van der Waals surface area (Å²) in [4.78, 5) is 12.7. The lowest BCUT2D eigenvalue weighted by Gasteiger charge is -2.26. The predicted molar refractivity (Wildman–Crippen MR) is 104 cm³/mol. The summed E-state index contributed by atoms with van der Waals surface area (Å²) in [5.74, 6) is -0.706. The quantitative estimate of drug-likeness (QED) is 0.725. The molecule has 0 aliphatic carbocycles. The Labute approximate surface area is 167 Å². The number of nitrogens with zero attached hydrogens (tertiary/aromatic N) is 2. The molecular weight excluding hydrogens is 376 g/mol. The number of amides is 1. The molecule has 0 bridgehead atoms. The number of para-hydroxylation sites is 1. The van der Waals surface area contributed by atoms with Crippen molar-refractivity contribution in [2.45, 2.75) is 32.7 Å². The van der Waals surface area contributed by atoms with Crippen molar-refractivity contribution in [3.8, 4) is 11.4 Å². The van der Waals surface area contributed by atoms with Crippen LogP contribution < -0.4 is 10.1 Å². The number of hydrogen-bond acceptors (Lipinski definition) is 3. The summed E-state index contributed by atoms with van der Waals surface area (Å²) in [6.45, 7) is 4.09. The average molecular weight is 397 g/mol. The minimum absolute atomic E-state index is 0.113. The highest BCUT2D eigenvalue weighted by Gasteiger charge is 2.24. The van der Waals surface area contributed by atoms with Crippen LogP contribution in [0, 0.1) is 25.5 Å². The number of benzene rings is 2. The van der Waals surface area contributed by atoms with Gasteiger partial charge in [-0.05, 0) is 32.0 Å². The summed E-state index contributed by atoms with van der Waals surface area (Å²) in [6, 6.07) is 10.9. The molecule has 2 heterocycles. The Morgan fingerprint density at radius 1 is 1.24 bits per heavy atom. The van der Waals surface area contributed by atoms with Gasteiger partial charge in [-0.1, -0.05) is 18.2 Å². The fourth-order valence-electron chi connectivity index (χ4n) is 3.72. The molecular formula is C22H21F2N3O2. The molecule has 1 N–H and O–H groups in total. The van der Waals surface area contributed by atoms with E-state index in [-0.39, 0.29) is 24.1 Å². The Kier molecular flexibility index (Phi) is 5.05. The van der Waals surface area contributed by atoms with Crippen LogP contribution in [0.5, 0.6) is 5.75 Å². The van der Waals surface area contributed by atoms with Crippen molar-refractivity contribution in [1.82, 2.24) is 15.1 Å². The van der Waals surface area contributed by atoms with E-state index in [1.165, 1.54) is 16.8 Å². The van der Waals surface area contributed by atoms with Gasteiger partial charge in [-0.3, -0.25) is 4.79 Å². The van der Waals surface area contributed by atoms with Crippen molar-refractivity contribution in [3.05, 3.63) is 76.6 Å². The summed E-state index contributed by atoms with van der Waals surface area (Å²) in [5, 5.41) is 7.43. The number of carbonyl (C=O) groups excluding carboxylic acids is 1. The first kappa shape index (κ1) is 19.1. The Bertz CT molecular complexity index is 1080. The van der Waals surface area contributed by atoms with Gasteiger partial charge in [0.1, 0.15) is 17.3 Å². The molecule has 1 aromatic heterocycles. The fourth-order valence-corrected chi connectivity index (χ4v) is 3.72. The zero-order chi connectivity index (χ0) is 20.5. The number of halogens is 2. The maximum absolute atomic E-state index is 14.2. The van der Waals surface area contributed by atoms with Crippen LogP contribution >= 0.6 is 0 Å². The number of fused-ring (bicyclic) bond motifs is 1. The molecule has 3 aromatic rings. The van der Waals surface area contributed by atoms with Crippen LogP contribution in [0.25, 0.3) is 5.69 Å². The van der Waals surface area contributed by atoms with Crippen molar-refractivity contribution in [3.63, 3.8) is 0 Å². The molecule has 150 valence electrons. The van der Waals surface area contributed by atoms with Gasteiger partial charge in [0.15, 0.2) is 5.82 Å². The third-order valence-electron chi connectivity index (χ3n) is 5.21. The third kappa shape index (κ3) is 3.72. The van der Waals surface area contributed by atoms with Gasteiger partial charge in [0, 0.05) is 29.3 Å². The number of nitrogens with one attached hydrogen (secondary N) is 1. The van der Waals surface area contributed by atoms with Gasteiger partial charge in [-0.15, -0.1) is 0 Å². The smallest absolute Gasteiger partial charge is 0.225 e. The highest BCUT2D eigenvalue weighted by atomic mass is 19.1. The fraction of sp³-hybridized carbons (Fsp3) is 0.273. The number of aromatic nitrogens is 2. The zero-order valence-corrected chi connectivity index (χ0v) is 16.2. The van der Waals surface area contributed by atoms with Crippen LogP contribution in [0.2, 0.25) is 0 Å². The minimum atomic E-state index is -0.703. The van der Waals surface area contributed by atoms with Gasteiger partial charge in [-0.25, -0.2) is 13.5 Å². The lowest BCUT2D eigenvalue weighted by Crippen LogP contribution is -2.33. The first-order chi connectivity index (χ1) is 13.9. The Morgan fingerprint density at radius 2 is 2.03 bits per heavy atom.